The van der Waals surface area contributed by atoms with Crippen LogP contribution in [-0.4, -0.2) is 0 Å². The van der Waals surface area contributed by atoms with Crippen LogP contribution in [0.4, 0.5) is 0 Å². The van der Waals surface area contributed by atoms with Crippen molar-refractivity contribution in [2.24, 2.45) is 0 Å². The fraction of sp³-hybridized carbons (Fsp3) is 0. The number of hydrogen-bond donors (Lipinski definition) is 0. The largest absolute Gasteiger partial charge is 0.193 e. The number of allylic oxidation sites excluding steroid dienone is 2. The van der Waals surface area contributed by atoms with E-state index >= 15 is 0 Å². The molecule has 33 valence electrons. The van der Waals surface area contributed by atoms with Gasteiger partial charge in [0.15, 0.2) is 0 Å². The second kappa shape index (κ2) is 2.93. The lowest BCUT2D eigenvalue weighted by molar-refractivity contribution is 1.48. The zero-order chi connectivity index (χ0) is 5.70. The van der Waals surface area contributed by atoms with Gasteiger partial charge in [0.05, 0.1) is 12.1 Å². The molecule has 0 saturated heterocycles. The van der Waals surface area contributed by atoms with E-state index in [0.29, 0.717) is 0 Å². The molecule has 0 heterocycles. The highest BCUT2D eigenvalue weighted by molar-refractivity contribution is 5.28. The van der Waals surface area contributed by atoms with Crippen molar-refractivity contribution in [2.75, 3.05) is 0 Å². The van der Waals surface area contributed by atoms with Gasteiger partial charge in [0.2, 0.25) is 0 Å². The minimum atomic E-state index is 0.197. The molecule has 0 aromatic rings. The van der Waals surface area contributed by atoms with Gasteiger partial charge in [0.1, 0.15) is 0 Å². The molecule has 0 bridgehead atoms. The quantitative estimate of drug-likeness (QED) is 0.414. The molecule has 0 unspecified atom stereocenters. The molecule has 1 radical (unpaired) electrons. The molecule has 0 saturated carbocycles. The lowest BCUT2D eigenvalue weighted by Gasteiger charge is -1.68. The van der Waals surface area contributed by atoms with Gasteiger partial charge in [-0.2, -0.15) is 10.5 Å². The van der Waals surface area contributed by atoms with Gasteiger partial charge in [-0.05, 0) is 6.92 Å². The predicted molar refractivity (Wildman–Crippen MR) is 24.7 cm³/mol. The Hall–Kier alpha value is -1.28. The average Bonchev–Trinajstić information content (AvgIpc) is 1.68. The maximum Gasteiger partial charge on any atom is 0.0954 e. The van der Waals surface area contributed by atoms with Crippen LogP contribution in [0.2, 0.25) is 0 Å². The molecule has 0 N–H and O–H groups in total. The summed E-state index contributed by atoms with van der Waals surface area (Å²) in [5.41, 5.74) is 0.197. The van der Waals surface area contributed by atoms with Crippen molar-refractivity contribution in [1.82, 2.24) is 0 Å². The molecule has 0 spiro atoms. The van der Waals surface area contributed by atoms with Crippen molar-refractivity contribution < 1.29 is 0 Å². The third kappa shape index (κ3) is 2.52. The van der Waals surface area contributed by atoms with E-state index in [1.807, 2.05) is 0 Å². The van der Waals surface area contributed by atoms with E-state index in [-0.39, 0.29) is 5.57 Å². The van der Waals surface area contributed by atoms with Crippen molar-refractivity contribution in [3.8, 4) is 12.1 Å². The molecule has 0 aliphatic carbocycles. The second-order valence-electron chi connectivity index (χ2n) is 0.910. The number of hydrogen-bond acceptors (Lipinski definition) is 2. The maximum absolute atomic E-state index is 7.93. The van der Waals surface area contributed by atoms with Crippen LogP contribution in [-0.2, 0) is 0 Å². The van der Waals surface area contributed by atoms with Crippen LogP contribution in [0.25, 0.3) is 0 Å². The van der Waals surface area contributed by atoms with Crippen LogP contribution in [0.5, 0.6) is 0 Å². The van der Waals surface area contributed by atoms with Crippen LogP contribution < -0.4 is 0 Å². The molecule has 2 nitrogen and oxygen atoms in total. The molecule has 0 aromatic carbocycles. The summed E-state index contributed by atoms with van der Waals surface area (Å²) in [5, 5.41) is 15.8. The predicted octanol–water partition coefficient (Wildman–Crippen LogP) is 0.794. The van der Waals surface area contributed by atoms with Crippen molar-refractivity contribution in [1.29, 1.82) is 10.5 Å². The molecule has 0 aromatic heterocycles. The van der Waals surface area contributed by atoms with Crippen LogP contribution in [0.15, 0.2) is 11.6 Å². The SMILES string of the molecule is [CH2]C(C#N)=CC#N. The van der Waals surface area contributed by atoms with Crippen LogP contribution in [0.3, 0.4) is 0 Å². The van der Waals surface area contributed by atoms with E-state index < -0.39 is 0 Å². The molecule has 2 heteroatoms. The molecular weight excluding hydrogens is 88.1 g/mol. The normalized spacial score (nSPS) is 9.29. The maximum atomic E-state index is 7.93. The van der Waals surface area contributed by atoms with Gasteiger partial charge in [-0.15, -0.1) is 0 Å². The molecule has 0 atom stereocenters. The molecule has 0 aliphatic rings. The molecule has 0 aliphatic heterocycles. The Balaban J connectivity index is 3.89. The Kier molecular flexibility index (Phi) is 2.40. The smallest absolute Gasteiger partial charge is 0.0954 e. The van der Waals surface area contributed by atoms with Crippen molar-refractivity contribution in [3.63, 3.8) is 0 Å². The molecule has 0 fully saturated rings. The highest BCUT2D eigenvalue weighted by atomic mass is 14.2. The lowest BCUT2D eigenvalue weighted by Crippen LogP contribution is -1.61. The monoisotopic (exact) mass is 91.0 g/mol. The van der Waals surface area contributed by atoms with E-state index in [1.165, 1.54) is 0 Å². The van der Waals surface area contributed by atoms with Gasteiger partial charge >= 0.3 is 0 Å². The van der Waals surface area contributed by atoms with E-state index in [4.69, 9.17) is 10.5 Å². The minimum Gasteiger partial charge on any atom is -0.193 e. The number of rotatable bonds is 0. The summed E-state index contributed by atoms with van der Waals surface area (Å²) in [5.74, 6) is 0. The summed E-state index contributed by atoms with van der Waals surface area (Å²) in [6.45, 7) is 3.22. The molecule has 7 heavy (non-hydrogen) atoms. The fourth-order valence-corrected chi connectivity index (χ4v) is 0.110. The fourth-order valence-electron chi connectivity index (χ4n) is 0.110. The average molecular weight is 91.1 g/mol. The van der Waals surface area contributed by atoms with Gasteiger partial charge in [-0.1, -0.05) is 0 Å². The first kappa shape index (κ1) is 5.72. The molecule has 0 rings (SSSR count). The summed E-state index contributed by atoms with van der Waals surface area (Å²) >= 11 is 0. The van der Waals surface area contributed by atoms with E-state index in [1.54, 1.807) is 12.1 Å². The zero-order valence-electron chi connectivity index (χ0n) is 3.68. The van der Waals surface area contributed by atoms with Crippen molar-refractivity contribution >= 4 is 0 Å². The standard InChI is InChI=1S/C5H3N2/c1-5(4-7)2-3-6/h2H,1H2. The first-order chi connectivity index (χ1) is 3.31. The highest BCUT2D eigenvalue weighted by Crippen LogP contribution is 1.82. The summed E-state index contributed by atoms with van der Waals surface area (Å²) in [4.78, 5) is 0. The highest BCUT2D eigenvalue weighted by Gasteiger charge is 1.76. The summed E-state index contributed by atoms with van der Waals surface area (Å²) in [6, 6.07) is 3.36. The van der Waals surface area contributed by atoms with Gasteiger partial charge in [-0.25, -0.2) is 0 Å². The Morgan fingerprint density at radius 3 is 2.29 bits per heavy atom. The number of nitriles is 2. The topological polar surface area (TPSA) is 47.6 Å². The van der Waals surface area contributed by atoms with Gasteiger partial charge < -0.3 is 0 Å². The number of nitrogens with zero attached hydrogens (tertiary/aromatic N) is 2. The molecular formula is C5H3N2. The summed E-state index contributed by atoms with van der Waals surface area (Å²) in [7, 11) is 0. The van der Waals surface area contributed by atoms with Crippen molar-refractivity contribution in [3.05, 3.63) is 18.6 Å². The van der Waals surface area contributed by atoms with Crippen LogP contribution >= 0.6 is 0 Å². The zero-order valence-corrected chi connectivity index (χ0v) is 3.68. The van der Waals surface area contributed by atoms with E-state index in [0.717, 1.165) is 6.08 Å². The Bertz CT molecular complexity index is 154. The first-order valence-electron chi connectivity index (χ1n) is 1.63. The minimum absolute atomic E-state index is 0.197. The van der Waals surface area contributed by atoms with E-state index in [2.05, 4.69) is 6.92 Å². The summed E-state index contributed by atoms with van der Waals surface area (Å²) < 4.78 is 0. The van der Waals surface area contributed by atoms with Gasteiger partial charge in [0, 0.05) is 11.6 Å². The van der Waals surface area contributed by atoms with Crippen LogP contribution in [0, 0.1) is 29.6 Å². The Labute approximate surface area is 42.3 Å². The Morgan fingerprint density at radius 1 is 1.57 bits per heavy atom. The third-order valence-electron chi connectivity index (χ3n) is 0.382. The van der Waals surface area contributed by atoms with Crippen molar-refractivity contribution in [2.45, 2.75) is 0 Å². The lowest BCUT2D eigenvalue weighted by atomic mass is 10.3. The first-order valence-corrected chi connectivity index (χ1v) is 1.63. The third-order valence-corrected chi connectivity index (χ3v) is 0.382. The second-order valence-corrected chi connectivity index (χ2v) is 0.910. The summed E-state index contributed by atoms with van der Waals surface area (Å²) in [6.07, 6.45) is 1.10. The van der Waals surface area contributed by atoms with Crippen LogP contribution in [0.1, 0.15) is 0 Å². The van der Waals surface area contributed by atoms with Gasteiger partial charge in [-0.3, -0.25) is 0 Å². The Morgan fingerprint density at radius 2 is 2.14 bits per heavy atom. The van der Waals surface area contributed by atoms with E-state index in [9.17, 15) is 0 Å². The molecule has 0 amide bonds. The van der Waals surface area contributed by atoms with Gasteiger partial charge in [0.25, 0.3) is 0 Å².